The van der Waals surface area contributed by atoms with Crippen LogP contribution in [-0.2, 0) is 42.9 Å². The molecule has 0 aromatic heterocycles. The van der Waals surface area contributed by atoms with Crippen LogP contribution in [0.15, 0.2) is 0 Å². The first kappa shape index (κ1) is 24.4. The van der Waals surface area contributed by atoms with Gasteiger partial charge in [0.2, 0.25) is 12.2 Å². The van der Waals surface area contributed by atoms with Gasteiger partial charge in [0.05, 0.1) is 5.92 Å². The summed E-state index contributed by atoms with van der Waals surface area (Å²) in [5, 5.41) is 7.67. The second kappa shape index (κ2) is 10.2. The van der Waals surface area contributed by atoms with Crippen LogP contribution in [0.3, 0.4) is 0 Å². The van der Waals surface area contributed by atoms with Gasteiger partial charge in [-0.25, -0.2) is 0 Å². The minimum Gasteiger partial charge on any atom is -0.463 e. The molecule has 0 saturated carbocycles. The highest BCUT2D eigenvalue weighted by molar-refractivity contribution is 6.76. The molecular formula is C15H18Cl3NO9. The van der Waals surface area contributed by atoms with Gasteiger partial charge in [-0.2, -0.15) is 0 Å². The molecule has 1 N–H and O–H groups in total. The average Bonchev–Trinajstić information content (AvgIpc) is 2.53. The van der Waals surface area contributed by atoms with Crippen molar-refractivity contribution in [3.8, 4) is 0 Å². The number of hydrogen-bond acceptors (Lipinski definition) is 10. The number of esters is 3. The van der Waals surface area contributed by atoms with Gasteiger partial charge < -0.3 is 28.5 Å². The Morgan fingerprint density at radius 1 is 1.00 bits per heavy atom. The average molecular weight is 463 g/mol. The molecule has 1 aliphatic rings. The van der Waals surface area contributed by atoms with E-state index in [-0.39, 0.29) is 0 Å². The summed E-state index contributed by atoms with van der Waals surface area (Å²) in [7, 11) is 0. The van der Waals surface area contributed by atoms with Crippen LogP contribution in [0.2, 0.25) is 0 Å². The molecule has 1 saturated heterocycles. The normalized spacial score (nSPS) is 27.3. The Bertz CT molecular complexity index is 637. The second-order valence-corrected chi connectivity index (χ2v) is 7.93. The van der Waals surface area contributed by atoms with E-state index in [4.69, 9.17) is 63.9 Å². The maximum absolute atomic E-state index is 11.7. The highest BCUT2D eigenvalue weighted by Crippen LogP contribution is 2.34. The van der Waals surface area contributed by atoms with Crippen LogP contribution in [-0.4, -0.2) is 65.1 Å². The Labute approximate surface area is 175 Å². The minimum atomic E-state index is -2.26. The van der Waals surface area contributed by atoms with E-state index in [1.54, 1.807) is 0 Å². The first-order chi connectivity index (χ1) is 12.9. The third-order valence-corrected chi connectivity index (χ3v) is 3.92. The fraction of sp³-hybridized carbons (Fsp3) is 0.667. The van der Waals surface area contributed by atoms with Gasteiger partial charge in [-0.05, 0) is 0 Å². The number of aldehydes is 1. The number of hydrogen-bond donors (Lipinski definition) is 1. The van der Waals surface area contributed by atoms with E-state index in [2.05, 4.69) is 0 Å². The first-order valence-corrected chi connectivity index (χ1v) is 8.91. The summed E-state index contributed by atoms with van der Waals surface area (Å²) in [4.78, 5) is 45.8. The maximum atomic E-state index is 11.7. The van der Waals surface area contributed by atoms with E-state index >= 15 is 0 Å². The fourth-order valence-electron chi connectivity index (χ4n) is 2.38. The summed E-state index contributed by atoms with van der Waals surface area (Å²) in [5.41, 5.74) is 0. The van der Waals surface area contributed by atoms with E-state index in [1.165, 1.54) is 0 Å². The highest BCUT2D eigenvalue weighted by Gasteiger charge is 2.52. The number of carbonyl (C=O) groups is 4. The molecule has 0 aliphatic carbocycles. The fourth-order valence-corrected chi connectivity index (χ4v) is 2.52. The monoisotopic (exact) mass is 461 g/mol. The van der Waals surface area contributed by atoms with Crippen LogP contribution in [0, 0.1) is 11.3 Å². The molecule has 0 aromatic rings. The highest BCUT2D eigenvalue weighted by atomic mass is 35.6. The largest absolute Gasteiger partial charge is 0.463 e. The van der Waals surface area contributed by atoms with E-state index in [9.17, 15) is 19.2 Å². The van der Waals surface area contributed by atoms with Crippen molar-refractivity contribution in [1.82, 2.24) is 0 Å². The quantitative estimate of drug-likeness (QED) is 0.155. The number of carbonyl (C=O) groups excluding carboxylic acids is 4. The van der Waals surface area contributed by atoms with Crippen molar-refractivity contribution >= 4 is 64.9 Å². The van der Waals surface area contributed by atoms with Gasteiger partial charge in [0, 0.05) is 20.8 Å². The van der Waals surface area contributed by atoms with Crippen LogP contribution < -0.4 is 0 Å². The number of rotatable bonds is 6. The lowest BCUT2D eigenvalue weighted by Crippen LogP contribution is -2.60. The third-order valence-electron chi connectivity index (χ3n) is 3.41. The Balaban J connectivity index is 3.25. The predicted octanol–water partition coefficient (Wildman–Crippen LogP) is 1.32. The van der Waals surface area contributed by atoms with Crippen LogP contribution >= 0.6 is 34.8 Å². The maximum Gasteiger partial charge on any atom is 0.303 e. The summed E-state index contributed by atoms with van der Waals surface area (Å²) in [5.74, 6) is -4.39. The molecule has 0 bridgehead atoms. The zero-order valence-corrected chi connectivity index (χ0v) is 17.2. The predicted molar refractivity (Wildman–Crippen MR) is 95.1 cm³/mol. The lowest BCUT2D eigenvalue weighted by Gasteiger charge is -2.43. The first-order valence-electron chi connectivity index (χ1n) is 7.77. The standard InChI is InChI=1S/C15H18Cl3NO9/c1-6(21)24-5-10-11(25-7(2)22)9(4-20)12(26-8(3)23)13(27-10)28-14(19)15(16,17)18/h4,9-13,19H,5H2,1-3H3/t9?,10?,11-,12?,13+/m0/s1. The molecule has 10 nitrogen and oxygen atoms in total. The second-order valence-electron chi connectivity index (χ2n) is 5.65. The molecule has 3 unspecified atom stereocenters. The Hall–Kier alpha value is -1.62. The molecule has 13 heteroatoms. The van der Waals surface area contributed by atoms with Gasteiger partial charge in [-0.3, -0.25) is 19.8 Å². The van der Waals surface area contributed by atoms with Gasteiger partial charge in [-0.1, -0.05) is 34.8 Å². The van der Waals surface area contributed by atoms with Crippen molar-refractivity contribution in [2.24, 2.45) is 5.92 Å². The van der Waals surface area contributed by atoms with Crippen LogP contribution in [0.1, 0.15) is 20.8 Å². The molecule has 1 heterocycles. The molecule has 1 fully saturated rings. The Kier molecular flexibility index (Phi) is 8.93. The number of ether oxygens (including phenoxy) is 5. The molecule has 28 heavy (non-hydrogen) atoms. The number of nitrogens with one attached hydrogen (secondary N) is 1. The van der Waals surface area contributed by atoms with E-state index in [0.29, 0.717) is 6.29 Å². The van der Waals surface area contributed by atoms with Gasteiger partial charge in [-0.15, -0.1) is 0 Å². The molecule has 158 valence electrons. The summed E-state index contributed by atoms with van der Waals surface area (Å²) in [6.45, 7) is 2.86. The molecule has 1 aliphatic heterocycles. The van der Waals surface area contributed by atoms with Crippen molar-refractivity contribution in [2.75, 3.05) is 6.61 Å². The summed E-state index contributed by atoms with van der Waals surface area (Å²) >= 11 is 16.7. The van der Waals surface area contributed by atoms with Crippen molar-refractivity contribution in [3.63, 3.8) is 0 Å². The Morgan fingerprint density at radius 3 is 1.96 bits per heavy atom. The molecule has 0 radical (unpaired) electrons. The molecule has 5 atom stereocenters. The van der Waals surface area contributed by atoms with Crippen LogP contribution in [0.5, 0.6) is 0 Å². The Morgan fingerprint density at radius 2 is 1.54 bits per heavy atom. The van der Waals surface area contributed by atoms with E-state index in [1.807, 2.05) is 0 Å². The zero-order valence-electron chi connectivity index (χ0n) is 15.0. The van der Waals surface area contributed by atoms with Crippen LogP contribution in [0.4, 0.5) is 0 Å². The molecule has 0 spiro atoms. The summed E-state index contributed by atoms with van der Waals surface area (Å²) in [6.07, 6.45) is -5.14. The summed E-state index contributed by atoms with van der Waals surface area (Å²) < 4.78 is 23.4. The molecule has 0 amide bonds. The van der Waals surface area contributed by atoms with Crippen molar-refractivity contribution < 1.29 is 42.9 Å². The van der Waals surface area contributed by atoms with E-state index < -0.39 is 64.7 Å². The minimum absolute atomic E-state index is 0.361. The number of alkyl halides is 3. The van der Waals surface area contributed by atoms with Gasteiger partial charge in [0.25, 0.3) is 3.79 Å². The zero-order chi connectivity index (χ0) is 21.6. The van der Waals surface area contributed by atoms with Gasteiger partial charge in [0.15, 0.2) is 6.10 Å². The topological polar surface area (TPSA) is 138 Å². The van der Waals surface area contributed by atoms with Crippen molar-refractivity contribution in [2.45, 2.75) is 49.2 Å². The van der Waals surface area contributed by atoms with Gasteiger partial charge in [0.1, 0.15) is 25.1 Å². The molecule has 0 aromatic carbocycles. The summed E-state index contributed by atoms with van der Waals surface area (Å²) in [6, 6.07) is 0. The SMILES string of the molecule is CC(=O)OCC1O[C@H](OC(=N)C(Cl)(Cl)Cl)C(OC(C)=O)C(C=O)[C@@H]1OC(C)=O. The molecular weight excluding hydrogens is 445 g/mol. The lowest BCUT2D eigenvalue weighted by atomic mass is 9.89. The van der Waals surface area contributed by atoms with Crippen molar-refractivity contribution in [3.05, 3.63) is 0 Å². The smallest absolute Gasteiger partial charge is 0.303 e. The van der Waals surface area contributed by atoms with Crippen molar-refractivity contribution in [1.29, 1.82) is 5.41 Å². The molecule has 1 rings (SSSR count). The third kappa shape index (κ3) is 7.08. The lowest BCUT2D eigenvalue weighted by molar-refractivity contribution is -0.271. The number of halogens is 3. The van der Waals surface area contributed by atoms with E-state index in [0.717, 1.165) is 20.8 Å². The van der Waals surface area contributed by atoms with Gasteiger partial charge >= 0.3 is 17.9 Å². The van der Waals surface area contributed by atoms with Crippen LogP contribution in [0.25, 0.3) is 0 Å².